The van der Waals surface area contributed by atoms with E-state index < -0.39 is 0 Å². The molecule has 2 aliphatic heterocycles. The molecule has 1 unspecified atom stereocenters. The SMILES string of the molecule is CC1CCCCN1c1cc(C(=O)N2CCCC2)ccn1. The van der Waals surface area contributed by atoms with Gasteiger partial charge in [0.2, 0.25) is 0 Å². The molecule has 2 aliphatic rings. The van der Waals surface area contributed by atoms with Gasteiger partial charge in [0.05, 0.1) is 0 Å². The number of carbonyl (C=O) groups is 1. The highest BCUT2D eigenvalue weighted by Crippen LogP contribution is 2.24. The van der Waals surface area contributed by atoms with Crippen LogP contribution < -0.4 is 4.90 Å². The average Bonchev–Trinajstić information content (AvgIpc) is 3.01. The van der Waals surface area contributed by atoms with E-state index in [2.05, 4.69) is 16.8 Å². The summed E-state index contributed by atoms with van der Waals surface area (Å²) in [6, 6.07) is 4.34. The van der Waals surface area contributed by atoms with E-state index in [1.54, 1.807) is 6.20 Å². The zero-order valence-electron chi connectivity index (χ0n) is 12.2. The van der Waals surface area contributed by atoms with Crippen LogP contribution in [0.15, 0.2) is 18.3 Å². The second-order valence-corrected chi connectivity index (χ2v) is 5.94. The Hall–Kier alpha value is -1.58. The standard InChI is InChI=1S/C16H23N3O/c1-13-6-2-3-11-19(13)15-12-14(7-8-17-15)16(20)18-9-4-5-10-18/h7-8,12-13H,2-6,9-11H2,1H3. The van der Waals surface area contributed by atoms with Crippen LogP contribution >= 0.6 is 0 Å². The molecule has 1 atom stereocenters. The Morgan fingerprint density at radius 1 is 1.20 bits per heavy atom. The maximum Gasteiger partial charge on any atom is 0.254 e. The maximum atomic E-state index is 12.4. The summed E-state index contributed by atoms with van der Waals surface area (Å²) in [5, 5.41) is 0. The summed E-state index contributed by atoms with van der Waals surface area (Å²) in [6.07, 6.45) is 7.77. The summed E-state index contributed by atoms with van der Waals surface area (Å²) >= 11 is 0. The van der Waals surface area contributed by atoms with Crippen molar-refractivity contribution in [1.29, 1.82) is 0 Å². The summed E-state index contributed by atoms with van der Waals surface area (Å²) < 4.78 is 0. The monoisotopic (exact) mass is 273 g/mol. The molecule has 1 amide bonds. The number of aromatic nitrogens is 1. The molecule has 4 nitrogen and oxygen atoms in total. The lowest BCUT2D eigenvalue weighted by Gasteiger charge is -2.34. The van der Waals surface area contributed by atoms with Gasteiger partial charge in [0.1, 0.15) is 5.82 Å². The largest absolute Gasteiger partial charge is 0.354 e. The second-order valence-electron chi connectivity index (χ2n) is 5.94. The number of pyridine rings is 1. The first-order valence-electron chi connectivity index (χ1n) is 7.77. The molecule has 0 aliphatic carbocycles. The molecule has 2 saturated heterocycles. The third-order valence-corrected chi connectivity index (χ3v) is 4.48. The molecule has 0 saturated carbocycles. The Labute approximate surface area is 120 Å². The summed E-state index contributed by atoms with van der Waals surface area (Å²) in [5.74, 6) is 1.12. The Kier molecular flexibility index (Phi) is 3.90. The van der Waals surface area contributed by atoms with E-state index in [4.69, 9.17) is 0 Å². The number of anilines is 1. The molecular formula is C16H23N3O. The van der Waals surface area contributed by atoms with Gasteiger partial charge in [-0.1, -0.05) is 0 Å². The van der Waals surface area contributed by atoms with Crippen LogP contribution in [0.4, 0.5) is 5.82 Å². The number of carbonyl (C=O) groups excluding carboxylic acids is 1. The van der Waals surface area contributed by atoms with Crippen molar-refractivity contribution in [3.8, 4) is 0 Å². The minimum Gasteiger partial charge on any atom is -0.354 e. The molecule has 4 heteroatoms. The van der Waals surface area contributed by atoms with Gasteiger partial charge in [-0.2, -0.15) is 0 Å². The van der Waals surface area contributed by atoms with Gasteiger partial charge in [-0.15, -0.1) is 0 Å². The van der Waals surface area contributed by atoms with Crippen molar-refractivity contribution < 1.29 is 4.79 Å². The molecule has 0 radical (unpaired) electrons. The van der Waals surface area contributed by atoms with Crippen LogP contribution in [-0.4, -0.2) is 41.5 Å². The van der Waals surface area contributed by atoms with Crippen molar-refractivity contribution in [2.24, 2.45) is 0 Å². The van der Waals surface area contributed by atoms with Crippen molar-refractivity contribution in [3.63, 3.8) is 0 Å². The van der Waals surface area contributed by atoms with Gasteiger partial charge < -0.3 is 9.80 Å². The van der Waals surface area contributed by atoms with E-state index in [9.17, 15) is 4.79 Å². The van der Waals surface area contributed by atoms with Crippen LogP contribution in [-0.2, 0) is 0 Å². The van der Waals surface area contributed by atoms with Crippen LogP contribution in [0.25, 0.3) is 0 Å². The van der Waals surface area contributed by atoms with Crippen molar-refractivity contribution in [2.75, 3.05) is 24.5 Å². The van der Waals surface area contributed by atoms with E-state index in [1.165, 1.54) is 19.3 Å². The molecule has 1 aromatic rings. The van der Waals surface area contributed by atoms with E-state index in [1.807, 2.05) is 17.0 Å². The highest BCUT2D eigenvalue weighted by molar-refractivity contribution is 5.95. The lowest BCUT2D eigenvalue weighted by molar-refractivity contribution is 0.0792. The molecule has 3 rings (SSSR count). The highest BCUT2D eigenvalue weighted by Gasteiger charge is 2.23. The van der Waals surface area contributed by atoms with E-state index >= 15 is 0 Å². The fraction of sp³-hybridized carbons (Fsp3) is 0.625. The fourth-order valence-electron chi connectivity index (χ4n) is 3.25. The van der Waals surface area contributed by atoms with Gasteiger partial charge in [-0.05, 0) is 51.2 Å². The number of hydrogen-bond donors (Lipinski definition) is 0. The van der Waals surface area contributed by atoms with Gasteiger partial charge in [0.15, 0.2) is 0 Å². The third kappa shape index (κ3) is 2.65. The number of nitrogens with zero attached hydrogens (tertiary/aromatic N) is 3. The molecular weight excluding hydrogens is 250 g/mol. The van der Waals surface area contributed by atoms with E-state index in [-0.39, 0.29) is 5.91 Å². The number of likely N-dealkylation sites (tertiary alicyclic amines) is 1. The Morgan fingerprint density at radius 3 is 2.70 bits per heavy atom. The molecule has 2 fully saturated rings. The van der Waals surface area contributed by atoms with E-state index in [0.29, 0.717) is 6.04 Å². The second kappa shape index (κ2) is 5.81. The zero-order valence-corrected chi connectivity index (χ0v) is 12.2. The number of amides is 1. The van der Waals surface area contributed by atoms with Gasteiger partial charge in [0.25, 0.3) is 5.91 Å². The number of rotatable bonds is 2. The van der Waals surface area contributed by atoms with Crippen LogP contribution in [0.2, 0.25) is 0 Å². The Balaban J connectivity index is 1.79. The van der Waals surface area contributed by atoms with Crippen LogP contribution in [0, 0.1) is 0 Å². The normalized spacial score (nSPS) is 23.1. The van der Waals surface area contributed by atoms with Gasteiger partial charge in [-0.25, -0.2) is 4.98 Å². The number of hydrogen-bond acceptors (Lipinski definition) is 3. The minimum absolute atomic E-state index is 0.163. The molecule has 0 N–H and O–H groups in total. The lowest BCUT2D eigenvalue weighted by atomic mass is 10.0. The molecule has 108 valence electrons. The predicted octanol–water partition coefficient (Wildman–Crippen LogP) is 2.70. The Bertz CT molecular complexity index is 482. The summed E-state index contributed by atoms with van der Waals surface area (Å²) in [5.41, 5.74) is 0.787. The third-order valence-electron chi connectivity index (χ3n) is 4.48. The Morgan fingerprint density at radius 2 is 1.95 bits per heavy atom. The van der Waals surface area contributed by atoms with Crippen molar-refractivity contribution in [1.82, 2.24) is 9.88 Å². The average molecular weight is 273 g/mol. The van der Waals surface area contributed by atoms with Gasteiger partial charge in [0, 0.05) is 37.4 Å². The summed E-state index contributed by atoms with van der Waals surface area (Å²) in [7, 11) is 0. The zero-order chi connectivity index (χ0) is 13.9. The lowest BCUT2D eigenvalue weighted by Crippen LogP contribution is -2.38. The fourth-order valence-corrected chi connectivity index (χ4v) is 3.25. The quantitative estimate of drug-likeness (QED) is 0.831. The summed E-state index contributed by atoms with van der Waals surface area (Å²) in [6.45, 7) is 5.10. The first-order chi connectivity index (χ1) is 9.75. The van der Waals surface area contributed by atoms with E-state index in [0.717, 1.165) is 43.9 Å². The highest BCUT2D eigenvalue weighted by atomic mass is 16.2. The predicted molar refractivity (Wildman–Crippen MR) is 80.0 cm³/mol. The molecule has 20 heavy (non-hydrogen) atoms. The van der Waals surface area contributed by atoms with Crippen molar-refractivity contribution >= 4 is 11.7 Å². The van der Waals surface area contributed by atoms with Crippen molar-refractivity contribution in [3.05, 3.63) is 23.9 Å². The van der Waals surface area contributed by atoms with Crippen LogP contribution in [0.5, 0.6) is 0 Å². The van der Waals surface area contributed by atoms with Crippen molar-refractivity contribution in [2.45, 2.75) is 45.1 Å². The maximum absolute atomic E-state index is 12.4. The summed E-state index contributed by atoms with van der Waals surface area (Å²) in [4.78, 5) is 21.2. The first kappa shape index (κ1) is 13.4. The first-order valence-corrected chi connectivity index (χ1v) is 7.77. The smallest absolute Gasteiger partial charge is 0.254 e. The van der Waals surface area contributed by atoms with Gasteiger partial charge in [-0.3, -0.25) is 4.79 Å². The van der Waals surface area contributed by atoms with Gasteiger partial charge >= 0.3 is 0 Å². The molecule has 0 spiro atoms. The topological polar surface area (TPSA) is 36.4 Å². The molecule has 0 bridgehead atoms. The molecule has 1 aromatic heterocycles. The molecule has 3 heterocycles. The van der Waals surface area contributed by atoms with Crippen LogP contribution in [0.1, 0.15) is 49.4 Å². The number of piperidine rings is 1. The van der Waals surface area contributed by atoms with Crippen LogP contribution in [0.3, 0.4) is 0 Å². The molecule has 0 aromatic carbocycles. The minimum atomic E-state index is 0.163.